The lowest BCUT2D eigenvalue weighted by Crippen LogP contribution is -2.19. The topological polar surface area (TPSA) is 24.9 Å². The van der Waals surface area contributed by atoms with Crippen molar-refractivity contribution < 1.29 is 0 Å². The number of hydrogen-bond acceptors (Lipinski definition) is 2. The number of hydrogen-bond donors (Lipinski definition) is 1. The van der Waals surface area contributed by atoms with E-state index < -0.39 is 0 Å². The molecule has 2 aromatic rings. The van der Waals surface area contributed by atoms with Gasteiger partial charge in [0, 0.05) is 23.3 Å². The summed E-state index contributed by atoms with van der Waals surface area (Å²) in [6, 6.07) is 12.8. The standard InChI is InChI=1S/C16H17ClN2/c1-11-3-2-4-14(19-11)10-18-16-8-5-12-9-13(17)6-7-15(12)16/h2-4,6-7,9,16,18H,5,8,10H2,1H3. The van der Waals surface area contributed by atoms with E-state index in [1.807, 2.05) is 19.1 Å². The predicted octanol–water partition coefficient (Wildman–Crippen LogP) is 3.82. The van der Waals surface area contributed by atoms with Gasteiger partial charge in [0.05, 0.1) is 5.69 Å². The molecule has 0 aliphatic heterocycles. The predicted molar refractivity (Wildman–Crippen MR) is 78.3 cm³/mol. The number of aromatic nitrogens is 1. The SMILES string of the molecule is Cc1cccc(CNC2CCc3cc(Cl)ccc32)n1. The quantitative estimate of drug-likeness (QED) is 0.919. The second-order valence-electron chi connectivity index (χ2n) is 5.09. The van der Waals surface area contributed by atoms with Crippen LogP contribution in [0.1, 0.15) is 35.0 Å². The molecule has 0 fully saturated rings. The molecular formula is C16H17ClN2. The first-order chi connectivity index (χ1) is 9.22. The van der Waals surface area contributed by atoms with Crippen LogP contribution >= 0.6 is 11.6 Å². The smallest absolute Gasteiger partial charge is 0.0545 e. The summed E-state index contributed by atoms with van der Waals surface area (Å²) >= 11 is 6.03. The van der Waals surface area contributed by atoms with Crippen LogP contribution in [0.25, 0.3) is 0 Å². The number of nitrogens with one attached hydrogen (secondary N) is 1. The molecular weight excluding hydrogens is 256 g/mol. The highest BCUT2D eigenvalue weighted by Crippen LogP contribution is 2.32. The van der Waals surface area contributed by atoms with Crippen molar-refractivity contribution in [3.05, 3.63) is 63.9 Å². The monoisotopic (exact) mass is 272 g/mol. The van der Waals surface area contributed by atoms with Crippen LogP contribution in [0.2, 0.25) is 5.02 Å². The Labute approximate surface area is 118 Å². The second kappa shape index (κ2) is 5.32. The molecule has 1 atom stereocenters. The summed E-state index contributed by atoms with van der Waals surface area (Å²) in [6.07, 6.45) is 2.25. The minimum Gasteiger partial charge on any atom is -0.304 e. The Hall–Kier alpha value is -1.38. The highest BCUT2D eigenvalue weighted by Gasteiger charge is 2.21. The fraction of sp³-hybridized carbons (Fsp3) is 0.312. The van der Waals surface area contributed by atoms with Gasteiger partial charge in [-0.05, 0) is 55.2 Å². The zero-order chi connectivity index (χ0) is 13.2. The Morgan fingerprint density at radius 3 is 3.05 bits per heavy atom. The van der Waals surface area contributed by atoms with E-state index in [9.17, 15) is 0 Å². The molecule has 3 heteroatoms. The fourth-order valence-electron chi connectivity index (χ4n) is 2.72. The van der Waals surface area contributed by atoms with E-state index in [-0.39, 0.29) is 0 Å². The number of halogens is 1. The molecule has 1 heterocycles. The molecule has 1 aliphatic rings. The van der Waals surface area contributed by atoms with Crippen LogP contribution in [0, 0.1) is 6.92 Å². The molecule has 0 spiro atoms. The van der Waals surface area contributed by atoms with E-state index in [0.717, 1.165) is 35.8 Å². The molecule has 1 aromatic heterocycles. The normalized spacial score (nSPS) is 17.5. The zero-order valence-electron chi connectivity index (χ0n) is 11.0. The van der Waals surface area contributed by atoms with Crippen molar-refractivity contribution >= 4 is 11.6 Å². The maximum Gasteiger partial charge on any atom is 0.0545 e. The van der Waals surface area contributed by atoms with Crippen LogP contribution in [0.15, 0.2) is 36.4 Å². The van der Waals surface area contributed by atoms with E-state index >= 15 is 0 Å². The lowest BCUT2D eigenvalue weighted by molar-refractivity contribution is 0.525. The van der Waals surface area contributed by atoms with Crippen LogP contribution in [-0.4, -0.2) is 4.98 Å². The average molecular weight is 273 g/mol. The molecule has 1 unspecified atom stereocenters. The van der Waals surface area contributed by atoms with Gasteiger partial charge in [-0.3, -0.25) is 4.98 Å². The number of rotatable bonds is 3. The summed E-state index contributed by atoms with van der Waals surface area (Å²) in [5.74, 6) is 0. The van der Waals surface area contributed by atoms with Crippen molar-refractivity contribution in [2.45, 2.75) is 32.4 Å². The van der Waals surface area contributed by atoms with Crippen molar-refractivity contribution in [3.8, 4) is 0 Å². The molecule has 98 valence electrons. The molecule has 2 nitrogen and oxygen atoms in total. The molecule has 19 heavy (non-hydrogen) atoms. The molecule has 0 amide bonds. The van der Waals surface area contributed by atoms with E-state index in [4.69, 9.17) is 11.6 Å². The Kier molecular flexibility index (Phi) is 3.54. The summed E-state index contributed by atoms with van der Waals surface area (Å²) in [6.45, 7) is 2.84. The number of pyridine rings is 1. The maximum atomic E-state index is 6.03. The lowest BCUT2D eigenvalue weighted by Gasteiger charge is -2.14. The molecule has 1 aromatic carbocycles. The van der Waals surface area contributed by atoms with Crippen LogP contribution in [0.5, 0.6) is 0 Å². The van der Waals surface area contributed by atoms with Crippen molar-refractivity contribution in [2.75, 3.05) is 0 Å². The molecule has 3 rings (SSSR count). The van der Waals surface area contributed by atoms with Gasteiger partial charge in [-0.15, -0.1) is 0 Å². The third-order valence-electron chi connectivity index (χ3n) is 3.66. The fourth-order valence-corrected chi connectivity index (χ4v) is 2.92. The minimum atomic E-state index is 0.426. The van der Waals surface area contributed by atoms with Crippen LogP contribution < -0.4 is 5.32 Å². The molecule has 1 aliphatic carbocycles. The molecule has 0 saturated heterocycles. The number of benzene rings is 1. The Morgan fingerprint density at radius 2 is 2.21 bits per heavy atom. The first kappa shape index (κ1) is 12.6. The summed E-state index contributed by atoms with van der Waals surface area (Å²) in [7, 11) is 0. The number of fused-ring (bicyclic) bond motifs is 1. The van der Waals surface area contributed by atoms with Gasteiger partial charge < -0.3 is 5.32 Å². The lowest BCUT2D eigenvalue weighted by atomic mass is 10.1. The van der Waals surface area contributed by atoms with Gasteiger partial charge in [-0.2, -0.15) is 0 Å². The largest absolute Gasteiger partial charge is 0.304 e. The number of nitrogens with zero attached hydrogens (tertiary/aromatic N) is 1. The Bertz CT molecular complexity index is 595. The van der Waals surface area contributed by atoms with Gasteiger partial charge in [0.15, 0.2) is 0 Å². The molecule has 1 N–H and O–H groups in total. The summed E-state index contributed by atoms with van der Waals surface area (Å²) in [5.41, 5.74) is 4.93. The van der Waals surface area contributed by atoms with E-state index in [1.165, 1.54) is 11.1 Å². The van der Waals surface area contributed by atoms with Crippen LogP contribution in [0.4, 0.5) is 0 Å². The highest BCUT2D eigenvalue weighted by atomic mass is 35.5. The first-order valence-electron chi connectivity index (χ1n) is 6.66. The molecule has 0 bridgehead atoms. The van der Waals surface area contributed by atoms with Gasteiger partial charge in [0.25, 0.3) is 0 Å². The van der Waals surface area contributed by atoms with Gasteiger partial charge in [0.2, 0.25) is 0 Å². The molecule has 0 saturated carbocycles. The van der Waals surface area contributed by atoms with Crippen molar-refractivity contribution in [1.29, 1.82) is 0 Å². The maximum absolute atomic E-state index is 6.03. The summed E-state index contributed by atoms with van der Waals surface area (Å²) in [4.78, 5) is 4.52. The summed E-state index contributed by atoms with van der Waals surface area (Å²) in [5, 5.41) is 4.43. The van der Waals surface area contributed by atoms with Gasteiger partial charge in [-0.1, -0.05) is 23.7 Å². The minimum absolute atomic E-state index is 0.426. The number of aryl methyl sites for hydroxylation is 2. The van der Waals surface area contributed by atoms with Gasteiger partial charge >= 0.3 is 0 Å². The zero-order valence-corrected chi connectivity index (χ0v) is 11.7. The first-order valence-corrected chi connectivity index (χ1v) is 7.04. The Balaban J connectivity index is 1.70. The van der Waals surface area contributed by atoms with E-state index in [1.54, 1.807) is 0 Å². The third kappa shape index (κ3) is 2.80. The van der Waals surface area contributed by atoms with Gasteiger partial charge in [0.1, 0.15) is 0 Å². The van der Waals surface area contributed by atoms with Crippen molar-refractivity contribution in [1.82, 2.24) is 10.3 Å². The Morgan fingerprint density at radius 1 is 1.32 bits per heavy atom. The third-order valence-corrected chi connectivity index (χ3v) is 3.89. The van der Waals surface area contributed by atoms with Crippen molar-refractivity contribution in [3.63, 3.8) is 0 Å². The second-order valence-corrected chi connectivity index (χ2v) is 5.52. The molecule has 0 radical (unpaired) electrons. The van der Waals surface area contributed by atoms with Crippen molar-refractivity contribution in [2.24, 2.45) is 0 Å². The summed E-state index contributed by atoms with van der Waals surface area (Å²) < 4.78 is 0. The van der Waals surface area contributed by atoms with Gasteiger partial charge in [-0.25, -0.2) is 0 Å². The van der Waals surface area contributed by atoms with Crippen LogP contribution in [0.3, 0.4) is 0 Å². The van der Waals surface area contributed by atoms with E-state index in [0.29, 0.717) is 6.04 Å². The highest BCUT2D eigenvalue weighted by molar-refractivity contribution is 6.30. The average Bonchev–Trinajstić information content (AvgIpc) is 2.78. The van der Waals surface area contributed by atoms with E-state index in [2.05, 4.69) is 34.6 Å². The van der Waals surface area contributed by atoms with Crippen LogP contribution in [-0.2, 0) is 13.0 Å².